The lowest BCUT2D eigenvalue weighted by molar-refractivity contribution is -0.676. The Balaban J connectivity index is 3.15. The van der Waals surface area contributed by atoms with E-state index in [4.69, 9.17) is 0 Å². The molecule has 1 aromatic rings. The summed E-state index contributed by atoms with van der Waals surface area (Å²) in [6, 6.07) is 0. The minimum atomic E-state index is -2.12. The van der Waals surface area contributed by atoms with Crippen molar-refractivity contribution in [2.24, 2.45) is 7.05 Å². The molecule has 0 saturated carbocycles. The summed E-state index contributed by atoms with van der Waals surface area (Å²) in [5, 5.41) is 0. The summed E-state index contributed by atoms with van der Waals surface area (Å²) in [5.74, 6) is 0.951. The molecule has 0 spiro atoms. The van der Waals surface area contributed by atoms with Crippen LogP contribution in [0.4, 0.5) is 3.89 Å². The van der Waals surface area contributed by atoms with E-state index in [2.05, 4.69) is 0 Å². The highest BCUT2D eigenvalue weighted by atomic mass is 32.3. The van der Waals surface area contributed by atoms with Gasteiger partial charge in [-0.15, -0.1) is 3.89 Å². The van der Waals surface area contributed by atoms with E-state index in [0.717, 1.165) is 5.82 Å². The maximum atomic E-state index is 13.4. The molecule has 11 heavy (non-hydrogen) atoms. The lowest BCUT2D eigenvalue weighted by Crippen LogP contribution is -2.29. The van der Waals surface area contributed by atoms with E-state index in [-0.39, 0.29) is 0 Å². The number of imidazole rings is 1. The highest BCUT2D eigenvalue weighted by molar-refractivity contribution is 8.27. The second kappa shape index (κ2) is 2.52. The largest absolute Gasteiger partial charge is 0.265 e. The van der Waals surface area contributed by atoms with E-state index in [1.165, 1.54) is 0 Å². The van der Waals surface area contributed by atoms with Gasteiger partial charge in [0, 0.05) is 19.4 Å². The zero-order chi connectivity index (χ0) is 8.65. The minimum Gasteiger partial charge on any atom is -0.236 e. The fraction of sp³-hybridized carbons (Fsp3) is 0.571. The van der Waals surface area contributed by atoms with Crippen molar-refractivity contribution >= 4 is 10.6 Å². The molecule has 2 nitrogen and oxygen atoms in total. The molecule has 0 aliphatic carbocycles. The van der Waals surface area contributed by atoms with Crippen molar-refractivity contribution < 1.29 is 8.45 Å². The van der Waals surface area contributed by atoms with Crippen LogP contribution in [0.15, 0.2) is 12.4 Å². The second-order valence-electron chi connectivity index (χ2n) is 2.93. The number of hydrogen-bond acceptors (Lipinski definition) is 0. The Labute approximate surface area is 68.4 Å². The van der Waals surface area contributed by atoms with Crippen molar-refractivity contribution in [2.45, 2.75) is 6.92 Å². The number of hydrogen-bond donors (Lipinski definition) is 0. The van der Waals surface area contributed by atoms with Crippen LogP contribution in [-0.2, 0) is 7.05 Å². The second-order valence-corrected chi connectivity index (χ2v) is 5.63. The molecule has 0 aromatic carbocycles. The number of aromatic nitrogens is 2. The molecule has 0 N–H and O–H groups in total. The number of nitrogens with zero attached hydrogens (tertiary/aromatic N) is 2. The third-order valence-electron chi connectivity index (χ3n) is 1.72. The molecule has 0 aliphatic rings. The molecule has 0 fully saturated rings. The van der Waals surface area contributed by atoms with Gasteiger partial charge >= 0.3 is 0 Å². The molecular formula is C7H14FN2S+. The highest BCUT2D eigenvalue weighted by Crippen LogP contribution is 2.43. The van der Waals surface area contributed by atoms with Crippen LogP contribution >= 0.6 is 10.6 Å². The van der Waals surface area contributed by atoms with Crippen molar-refractivity contribution in [1.82, 2.24) is 3.97 Å². The van der Waals surface area contributed by atoms with Crippen LogP contribution in [0, 0.1) is 6.92 Å². The Morgan fingerprint density at radius 1 is 1.55 bits per heavy atom. The lowest BCUT2D eigenvalue weighted by Gasteiger charge is -2.16. The Kier molecular flexibility index (Phi) is 1.96. The minimum absolute atomic E-state index is 0.951. The SMILES string of the molecule is Cc1n(S(C)(C)F)cc[n+]1C. The summed E-state index contributed by atoms with van der Waals surface area (Å²) in [4.78, 5) is 0. The summed E-state index contributed by atoms with van der Waals surface area (Å²) >= 11 is 0. The van der Waals surface area contributed by atoms with Gasteiger partial charge in [-0.1, -0.05) is 0 Å². The molecule has 64 valence electrons. The first-order chi connectivity index (χ1) is 4.93. The molecule has 0 radical (unpaired) electrons. The standard InChI is InChI=1S/C7H14FN2S/c1-7-9(2)5-6-10(7)11(3,4)8/h5-6H,1-4H3/q+1. The topological polar surface area (TPSA) is 8.81 Å². The first kappa shape index (κ1) is 8.59. The predicted octanol–water partition coefficient (Wildman–Crippen LogP) is 1.33. The van der Waals surface area contributed by atoms with Crippen molar-refractivity contribution in [2.75, 3.05) is 12.5 Å². The first-order valence-electron chi connectivity index (χ1n) is 3.40. The van der Waals surface area contributed by atoms with Gasteiger partial charge in [-0.05, 0) is 0 Å². The molecule has 0 atom stereocenters. The van der Waals surface area contributed by atoms with Gasteiger partial charge < -0.3 is 0 Å². The maximum absolute atomic E-state index is 13.4. The molecule has 4 heteroatoms. The number of aryl methyl sites for hydroxylation is 1. The Bertz CT molecular complexity index is 262. The van der Waals surface area contributed by atoms with Gasteiger partial charge in [0.25, 0.3) is 5.82 Å². The fourth-order valence-corrected chi connectivity index (χ4v) is 2.09. The van der Waals surface area contributed by atoms with Gasteiger partial charge in [0.1, 0.15) is 12.4 Å². The van der Waals surface area contributed by atoms with Gasteiger partial charge in [0.15, 0.2) is 0 Å². The van der Waals surface area contributed by atoms with E-state index in [1.807, 2.05) is 24.7 Å². The molecule has 0 amide bonds. The average molecular weight is 177 g/mol. The van der Waals surface area contributed by atoms with Gasteiger partial charge in [-0.2, -0.15) is 3.97 Å². The van der Waals surface area contributed by atoms with Crippen LogP contribution < -0.4 is 4.57 Å². The van der Waals surface area contributed by atoms with Crippen LogP contribution in [-0.4, -0.2) is 16.5 Å². The molecule has 1 heterocycles. The van der Waals surface area contributed by atoms with Crippen molar-refractivity contribution in [3.8, 4) is 0 Å². The van der Waals surface area contributed by atoms with Crippen LogP contribution in [0.3, 0.4) is 0 Å². The van der Waals surface area contributed by atoms with Gasteiger partial charge in [0.2, 0.25) is 0 Å². The zero-order valence-electron chi connectivity index (χ0n) is 7.34. The van der Waals surface area contributed by atoms with Crippen LogP contribution in [0.5, 0.6) is 0 Å². The van der Waals surface area contributed by atoms with Crippen molar-refractivity contribution in [3.05, 3.63) is 18.2 Å². The van der Waals surface area contributed by atoms with Gasteiger partial charge in [0.05, 0.1) is 17.6 Å². The lowest BCUT2D eigenvalue weighted by atomic mass is 10.7. The third-order valence-corrected chi connectivity index (χ3v) is 3.04. The summed E-state index contributed by atoms with van der Waals surface area (Å²) in [5.41, 5.74) is 0. The highest BCUT2D eigenvalue weighted by Gasteiger charge is 2.21. The zero-order valence-corrected chi connectivity index (χ0v) is 8.15. The van der Waals surface area contributed by atoms with Crippen LogP contribution in [0.25, 0.3) is 0 Å². The maximum Gasteiger partial charge on any atom is 0.265 e. The van der Waals surface area contributed by atoms with Gasteiger partial charge in [-0.25, -0.2) is 4.57 Å². The summed E-state index contributed by atoms with van der Waals surface area (Å²) in [6.45, 7) is 1.91. The Hall–Kier alpha value is -0.510. The summed E-state index contributed by atoms with van der Waals surface area (Å²) < 4.78 is 17.0. The number of rotatable bonds is 1. The first-order valence-corrected chi connectivity index (χ1v) is 5.70. The monoisotopic (exact) mass is 177 g/mol. The molecule has 0 unspecified atom stereocenters. The average Bonchev–Trinajstić information content (AvgIpc) is 2.11. The van der Waals surface area contributed by atoms with Crippen molar-refractivity contribution in [3.63, 3.8) is 0 Å². The fourth-order valence-electron chi connectivity index (χ4n) is 0.991. The normalized spacial score (nSPS) is 13.5. The molecule has 1 rings (SSSR count). The molecular weight excluding hydrogens is 163 g/mol. The van der Waals surface area contributed by atoms with E-state index in [1.54, 1.807) is 22.7 Å². The summed E-state index contributed by atoms with van der Waals surface area (Å²) in [6.07, 6.45) is 6.90. The van der Waals surface area contributed by atoms with E-state index >= 15 is 0 Å². The van der Waals surface area contributed by atoms with E-state index in [9.17, 15) is 3.89 Å². The number of halogens is 1. The van der Waals surface area contributed by atoms with E-state index in [0.29, 0.717) is 0 Å². The molecule has 1 aromatic heterocycles. The van der Waals surface area contributed by atoms with Crippen LogP contribution in [0.2, 0.25) is 0 Å². The van der Waals surface area contributed by atoms with Crippen molar-refractivity contribution in [1.29, 1.82) is 0 Å². The van der Waals surface area contributed by atoms with E-state index < -0.39 is 10.6 Å². The smallest absolute Gasteiger partial charge is 0.236 e. The third kappa shape index (κ3) is 1.56. The van der Waals surface area contributed by atoms with Gasteiger partial charge in [-0.3, -0.25) is 0 Å². The quantitative estimate of drug-likeness (QED) is 0.572. The molecule has 0 saturated heterocycles. The Morgan fingerprint density at radius 2 is 2.09 bits per heavy atom. The molecule has 0 bridgehead atoms. The predicted molar refractivity (Wildman–Crippen MR) is 46.3 cm³/mol. The summed E-state index contributed by atoms with van der Waals surface area (Å²) in [7, 11) is -0.203. The Morgan fingerprint density at radius 3 is 2.27 bits per heavy atom. The van der Waals surface area contributed by atoms with Crippen LogP contribution in [0.1, 0.15) is 5.82 Å². The molecule has 0 aliphatic heterocycles.